The lowest BCUT2D eigenvalue weighted by molar-refractivity contribution is -0.140. The normalized spacial score (nSPS) is 12.5. The van der Waals surface area contributed by atoms with Crippen LogP contribution in [0.4, 0.5) is 0 Å². The van der Waals surface area contributed by atoms with Crippen molar-refractivity contribution in [1.29, 1.82) is 0 Å². The summed E-state index contributed by atoms with van der Waals surface area (Å²) in [6.07, 6.45) is 1.28. The number of hydrogen-bond donors (Lipinski definition) is 1. The smallest absolute Gasteiger partial charge is 0.326 e. The number of nitrogens with zero attached hydrogens (tertiary/aromatic N) is 2. The molecule has 1 atom stereocenters. The third kappa shape index (κ3) is 2.40. The van der Waals surface area contributed by atoms with Crippen molar-refractivity contribution in [3.63, 3.8) is 0 Å². The van der Waals surface area contributed by atoms with Crippen molar-refractivity contribution < 1.29 is 9.90 Å². The van der Waals surface area contributed by atoms with Crippen molar-refractivity contribution in [3.8, 4) is 11.1 Å². The minimum Gasteiger partial charge on any atom is -0.480 e. The van der Waals surface area contributed by atoms with Crippen molar-refractivity contribution in [2.45, 2.75) is 13.0 Å². The first-order valence-electron chi connectivity index (χ1n) is 6.46. The predicted octanol–water partition coefficient (Wildman–Crippen LogP) is 3.42. The largest absolute Gasteiger partial charge is 0.480 e. The number of aromatic nitrogens is 2. The van der Waals surface area contributed by atoms with E-state index in [9.17, 15) is 9.59 Å². The number of carbonyl (C=O) groups is 1. The lowest BCUT2D eigenvalue weighted by atomic mass is 10.1. The van der Waals surface area contributed by atoms with E-state index in [-0.39, 0.29) is 5.56 Å². The Morgan fingerprint density at radius 3 is 2.68 bits per heavy atom. The molecule has 1 N–H and O–H groups in total. The monoisotopic (exact) mass is 334 g/mol. The van der Waals surface area contributed by atoms with E-state index in [1.807, 2.05) is 17.5 Å². The molecule has 112 valence electrons. The van der Waals surface area contributed by atoms with E-state index >= 15 is 0 Å². The zero-order chi connectivity index (χ0) is 15.9. The van der Waals surface area contributed by atoms with Crippen LogP contribution in [-0.2, 0) is 4.79 Å². The highest BCUT2D eigenvalue weighted by Crippen LogP contribution is 2.31. The van der Waals surface area contributed by atoms with E-state index in [1.165, 1.54) is 24.6 Å². The summed E-state index contributed by atoms with van der Waals surface area (Å²) in [5.41, 5.74) is 1.22. The summed E-state index contributed by atoms with van der Waals surface area (Å²) in [5.74, 6) is -1.08. The van der Waals surface area contributed by atoms with E-state index in [0.717, 1.165) is 15.7 Å². The van der Waals surface area contributed by atoms with Crippen LogP contribution in [0.3, 0.4) is 0 Å². The summed E-state index contributed by atoms with van der Waals surface area (Å²) in [7, 11) is 0. The van der Waals surface area contributed by atoms with E-state index in [0.29, 0.717) is 15.2 Å². The minimum atomic E-state index is -1.08. The van der Waals surface area contributed by atoms with Gasteiger partial charge in [-0.3, -0.25) is 9.36 Å². The molecule has 22 heavy (non-hydrogen) atoms. The van der Waals surface area contributed by atoms with Crippen LogP contribution < -0.4 is 5.56 Å². The molecule has 0 spiro atoms. The first-order valence-corrected chi connectivity index (χ1v) is 7.72. The molecule has 3 rings (SSSR count). The maximum atomic E-state index is 12.6. The Bertz CT molecular complexity index is 915. The molecule has 0 fully saturated rings. The van der Waals surface area contributed by atoms with Crippen LogP contribution >= 0.6 is 22.9 Å². The third-order valence-electron chi connectivity index (χ3n) is 3.45. The zero-order valence-electron chi connectivity index (χ0n) is 11.5. The van der Waals surface area contributed by atoms with Crippen molar-refractivity contribution >= 4 is 39.1 Å². The number of halogens is 1. The summed E-state index contributed by atoms with van der Waals surface area (Å²) >= 11 is 7.23. The van der Waals surface area contributed by atoms with Gasteiger partial charge in [-0.05, 0) is 24.6 Å². The average molecular weight is 335 g/mol. The second-order valence-corrected chi connectivity index (χ2v) is 6.10. The molecule has 0 aliphatic rings. The first kappa shape index (κ1) is 14.7. The summed E-state index contributed by atoms with van der Waals surface area (Å²) < 4.78 is 1.14. The molecular formula is C15H11ClN2O3S. The van der Waals surface area contributed by atoms with Crippen LogP contribution in [0, 0.1) is 0 Å². The van der Waals surface area contributed by atoms with E-state index in [4.69, 9.17) is 16.7 Å². The zero-order valence-corrected chi connectivity index (χ0v) is 13.1. The number of carboxylic acid groups (broad SMARTS) is 1. The summed E-state index contributed by atoms with van der Waals surface area (Å²) in [5, 5.41) is 12.0. The van der Waals surface area contributed by atoms with Gasteiger partial charge >= 0.3 is 5.97 Å². The highest BCUT2D eigenvalue weighted by Gasteiger charge is 2.19. The highest BCUT2D eigenvalue weighted by molar-refractivity contribution is 7.17. The molecule has 0 saturated heterocycles. The molecule has 0 aliphatic heterocycles. The fourth-order valence-electron chi connectivity index (χ4n) is 2.18. The third-order valence-corrected chi connectivity index (χ3v) is 4.59. The van der Waals surface area contributed by atoms with Gasteiger partial charge in [0.1, 0.15) is 10.9 Å². The average Bonchev–Trinajstić information content (AvgIpc) is 2.92. The Kier molecular flexibility index (Phi) is 3.72. The Morgan fingerprint density at radius 1 is 1.36 bits per heavy atom. The molecule has 0 unspecified atom stereocenters. The molecule has 5 nitrogen and oxygen atoms in total. The van der Waals surface area contributed by atoms with Gasteiger partial charge in [0.2, 0.25) is 0 Å². The van der Waals surface area contributed by atoms with Gasteiger partial charge in [-0.25, -0.2) is 9.78 Å². The number of thiophene rings is 1. The van der Waals surface area contributed by atoms with Crippen LogP contribution in [-0.4, -0.2) is 20.6 Å². The van der Waals surface area contributed by atoms with Crippen molar-refractivity contribution in [3.05, 3.63) is 51.3 Å². The van der Waals surface area contributed by atoms with Gasteiger partial charge in [-0.1, -0.05) is 23.7 Å². The standard InChI is InChI=1S/C15H11ClN2O3S/c1-8(15(20)21)18-7-17-13-12(14(18)19)11(6-22-13)9-2-4-10(16)5-3-9/h2-8H,1H3,(H,20,21)/t8-/m0/s1. The lowest BCUT2D eigenvalue weighted by Gasteiger charge is -2.10. The topological polar surface area (TPSA) is 72.2 Å². The van der Waals surface area contributed by atoms with E-state index in [1.54, 1.807) is 12.1 Å². The summed E-state index contributed by atoms with van der Waals surface area (Å²) in [4.78, 5) is 28.5. The fourth-order valence-corrected chi connectivity index (χ4v) is 3.21. The van der Waals surface area contributed by atoms with Gasteiger partial charge in [0.25, 0.3) is 5.56 Å². The number of rotatable bonds is 3. The molecule has 0 saturated carbocycles. The number of fused-ring (bicyclic) bond motifs is 1. The number of benzene rings is 1. The second-order valence-electron chi connectivity index (χ2n) is 4.81. The molecular weight excluding hydrogens is 324 g/mol. The molecule has 7 heteroatoms. The summed E-state index contributed by atoms with van der Waals surface area (Å²) in [6, 6.07) is 6.16. The van der Waals surface area contributed by atoms with Gasteiger partial charge in [-0.2, -0.15) is 0 Å². The lowest BCUT2D eigenvalue weighted by Crippen LogP contribution is -2.28. The van der Waals surface area contributed by atoms with Gasteiger partial charge in [-0.15, -0.1) is 11.3 Å². The molecule has 2 heterocycles. The Labute approximate surface area is 134 Å². The maximum Gasteiger partial charge on any atom is 0.326 e. The SMILES string of the molecule is C[C@@H](C(=O)O)n1cnc2scc(-c3ccc(Cl)cc3)c2c1=O. The molecule has 3 aromatic rings. The molecule has 2 aromatic heterocycles. The molecule has 0 aliphatic carbocycles. The number of aliphatic carboxylic acids is 1. The second kappa shape index (κ2) is 5.55. The van der Waals surface area contributed by atoms with Crippen LogP contribution in [0.1, 0.15) is 13.0 Å². The Hall–Kier alpha value is -2.18. The van der Waals surface area contributed by atoms with Crippen molar-refractivity contribution in [2.75, 3.05) is 0 Å². The van der Waals surface area contributed by atoms with Crippen LogP contribution in [0.5, 0.6) is 0 Å². The Balaban J connectivity index is 2.25. The predicted molar refractivity (Wildman–Crippen MR) is 86.7 cm³/mol. The molecule has 0 radical (unpaired) electrons. The van der Waals surface area contributed by atoms with E-state index in [2.05, 4.69) is 4.98 Å². The Morgan fingerprint density at radius 2 is 2.05 bits per heavy atom. The van der Waals surface area contributed by atoms with Crippen molar-refractivity contribution in [1.82, 2.24) is 9.55 Å². The number of hydrogen-bond acceptors (Lipinski definition) is 4. The van der Waals surface area contributed by atoms with Crippen LogP contribution in [0.25, 0.3) is 21.3 Å². The highest BCUT2D eigenvalue weighted by atomic mass is 35.5. The number of carboxylic acids is 1. The molecule has 0 bridgehead atoms. The van der Waals surface area contributed by atoms with Crippen LogP contribution in [0.2, 0.25) is 5.02 Å². The minimum absolute atomic E-state index is 0.355. The maximum absolute atomic E-state index is 12.6. The molecule has 1 aromatic carbocycles. The van der Waals surface area contributed by atoms with E-state index < -0.39 is 12.0 Å². The first-order chi connectivity index (χ1) is 10.5. The fraction of sp³-hybridized carbons (Fsp3) is 0.133. The van der Waals surface area contributed by atoms with Gasteiger partial charge in [0.05, 0.1) is 11.7 Å². The van der Waals surface area contributed by atoms with Gasteiger partial charge in [0.15, 0.2) is 0 Å². The quantitative estimate of drug-likeness (QED) is 0.796. The van der Waals surface area contributed by atoms with Crippen molar-refractivity contribution in [2.24, 2.45) is 0 Å². The molecule has 0 amide bonds. The summed E-state index contributed by atoms with van der Waals surface area (Å²) in [6.45, 7) is 1.45. The van der Waals surface area contributed by atoms with Gasteiger partial charge < -0.3 is 5.11 Å². The van der Waals surface area contributed by atoms with Crippen LogP contribution in [0.15, 0.2) is 40.8 Å². The van der Waals surface area contributed by atoms with Gasteiger partial charge in [0, 0.05) is 16.0 Å².